The van der Waals surface area contributed by atoms with Crippen LogP contribution in [0.5, 0.6) is 23.0 Å². The predicted molar refractivity (Wildman–Crippen MR) is 169 cm³/mol. The SMILES string of the molecule is COc1cc(/C=C/C(=O)c2cn(C3CC3)c3c(OC)c(N4CC5CCCN(C(C)=O)C5C4)c(F)cc3c2=O)cc(OC)c1OC. The number of carbonyl (C=O) groups is 2. The minimum Gasteiger partial charge on any atom is -0.493 e. The predicted octanol–water partition coefficient (Wildman–Crippen LogP) is 4.85. The molecular weight excluding hydrogens is 581 g/mol. The van der Waals surface area contributed by atoms with Crippen molar-refractivity contribution >= 4 is 34.4 Å². The lowest BCUT2D eigenvalue weighted by Crippen LogP contribution is -2.47. The molecule has 10 nitrogen and oxygen atoms in total. The van der Waals surface area contributed by atoms with Gasteiger partial charge in [-0.2, -0.15) is 0 Å². The molecule has 45 heavy (non-hydrogen) atoms. The number of amides is 1. The number of methoxy groups -OCH3 is 4. The maximum absolute atomic E-state index is 16.1. The molecule has 1 saturated carbocycles. The van der Waals surface area contributed by atoms with Gasteiger partial charge in [0.15, 0.2) is 28.8 Å². The molecule has 0 radical (unpaired) electrons. The van der Waals surface area contributed by atoms with E-state index in [9.17, 15) is 14.4 Å². The minimum absolute atomic E-state index is 0.000833. The fraction of sp³-hybridized carbons (Fsp3) is 0.441. The number of hydrogen-bond donors (Lipinski definition) is 0. The monoisotopic (exact) mass is 619 g/mol. The van der Waals surface area contributed by atoms with E-state index in [1.165, 1.54) is 40.6 Å². The number of likely N-dealkylation sites (tertiary alicyclic amines) is 1. The first-order valence-electron chi connectivity index (χ1n) is 15.2. The van der Waals surface area contributed by atoms with Gasteiger partial charge in [0.05, 0.1) is 50.9 Å². The number of rotatable bonds is 9. The van der Waals surface area contributed by atoms with Gasteiger partial charge in [0, 0.05) is 38.8 Å². The lowest BCUT2D eigenvalue weighted by molar-refractivity contribution is -0.132. The van der Waals surface area contributed by atoms with Gasteiger partial charge in [0.1, 0.15) is 5.69 Å². The summed E-state index contributed by atoms with van der Waals surface area (Å²) in [5.74, 6) is 0.692. The third-order valence-corrected chi connectivity index (χ3v) is 9.22. The normalized spacial score (nSPS) is 19.6. The van der Waals surface area contributed by atoms with Crippen LogP contribution in [-0.2, 0) is 4.79 Å². The Morgan fingerprint density at radius 3 is 2.22 bits per heavy atom. The van der Waals surface area contributed by atoms with Crippen LogP contribution in [0.25, 0.3) is 17.0 Å². The van der Waals surface area contributed by atoms with Gasteiger partial charge in [-0.05, 0) is 61.4 Å². The van der Waals surface area contributed by atoms with Crippen LogP contribution in [0.2, 0.25) is 0 Å². The molecule has 2 aliphatic heterocycles. The number of anilines is 1. The largest absolute Gasteiger partial charge is 0.493 e. The van der Waals surface area contributed by atoms with Gasteiger partial charge in [-0.15, -0.1) is 0 Å². The van der Waals surface area contributed by atoms with Gasteiger partial charge in [-0.25, -0.2) is 4.39 Å². The molecule has 0 bridgehead atoms. The highest BCUT2D eigenvalue weighted by molar-refractivity contribution is 6.08. The number of piperidine rings is 1. The van der Waals surface area contributed by atoms with Crippen LogP contribution in [0.3, 0.4) is 0 Å². The van der Waals surface area contributed by atoms with Gasteiger partial charge < -0.3 is 33.3 Å². The third-order valence-electron chi connectivity index (χ3n) is 9.22. The molecule has 1 aromatic heterocycles. The molecule has 3 fully saturated rings. The van der Waals surface area contributed by atoms with Crippen molar-refractivity contribution in [3.8, 4) is 23.0 Å². The molecule has 3 heterocycles. The first kappa shape index (κ1) is 30.5. The van der Waals surface area contributed by atoms with Crippen molar-refractivity contribution in [2.45, 2.75) is 44.7 Å². The Labute approximate surface area is 260 Å². The van der Waals surface area contributed by atoms with Crippen LogP contribution in [0.15, 0.2) is 35.3 Å². The van der Waals surface area contributed by atoms with Crippen molar-refractivity contribution in [1.29, 1.82) is 0 Å². The minimum atomic E-state index is -0.593. The number of ketones is 1. The van der Waals surface area contributed by atoms with Crippen molar-refractivity contribution in [1.82, 2.24) is 9.47 Å². The molecule has 1 aliphatic carbocycles. The fourth-order valence-corrected chi connectivity index (χ4v) is 6.96. The van der Waals surface area contributed by atoms with Gasteiger partial charge in [0.25, 0.3) is 0 Å². The Hall–Kier alpha value is -4.54. The third kappa shape index (κ3) is 5.38. The molecule has 3 aliphatic rings. The molecule has 0 N–H and O–H groups in total. The maximum atomic E-state index is 16.1. The Balaban J connectivity index is 1.41. The number of benzene rings is 2. The van der Waals surface area contributed by atoms with Crippen LogP contribution in [0, 0.1) is 11.7 Å². The number of fused-ring (bicyclic) bond motifs is 2. The molecule has 11 heteroatoms. The molecule has 1 amide bonds. The van der Waals surface area contributed by atoms with Gasteiger partial charge >= 0.3 is 0 Å². The van der Waals surface area contributed by atoms with E-state index in [0.717, 1.165) is 25.7 Å². The summed E-state index contributed by atoms with van der Waals surface area (Å²) in [5.41, 5.74) is 0.746. The van der Waals surface area contributed by atoms with Gasteiger partial charge in [-0.1, -0.05) is 6.08 Å². The molecule has 0 spiro atoms. The summed E-state index contributed by atoms with van der Waals surface area (Å²) in [6.45, 7) is 3.35. The first-order valence-corrected chi connectivity index (χ1v) is 15.2. The molecule has 2 aromatic carbocycles. The second-order valence-electron chi connectivity index (χ2n) is 11.9. The van der Waals surface area contributed by atoms with Crippen LogP contribution >= 0.6 is 0 Å². The maximum Gasteiger partial charge on any atom is 0.219 e. The zero-order chi connectivity index (χ0) is 32.0. The summed E-state index contributed by atoms with van der Waals surface area (Å²) < 4.78 is 40.0. The summed E-state index contributed by atoms with van der Waals surface area (Å²) in [5, 5.41) is 0.0917. The molecular formula is C34H38FN3O7. The fourth-order valence-electron chi connectivity index (χ4n) is 6.96. The summed E-state index contributed by atoms with van der Waals surface area (Å²) in [7, 11) is 5.98. The lowest BCUT2D eigenvalue weighted by atomic mass is 9.92. The molecule has 238 valence electrons. The highest BCUT2D eigenvalue weighted by Gasteiger charge is 2.42. The Morgan fingerprint density at radius 2 is 1.62 bits per heavy atom. The highest BCUT2D eigenvalue weighted by Crippen LogP contribution is 2.46. The second kappa shape index (κ2) is 12.1. The first-order chi connectivity index (χ1) is 21.7. The van der Waals surface area contributed by atoms with E-state index in [1.807, 2.05) is 14.4 Å². The number of ether oxygens (including phenoxy) is 4. The molecule has 2 atom stereocenters. The van der Waals surface area contributed by atoms with Crippen LogP contribution in [-0.4, -0.2) is 75.3 Å². The standard InChI is InChI=1S/C34H38FN3O7/c1-19(39)37-12-6-7-21-16-36(18-26(21)37)31-25(35)15-23-30(34(31)45-5)38(22-9-10-22)17-24(32(23)41)27(40)11-8-20-13-28(42-2)33(44-4)29(14-20)43-3/h8,11,13-15,17,21-22,26H,6-7,9-10,12,16,18H2,1-5H3/b11-8+. The smallest absolute Gasteiger partial charge is 0.219 e. The Kier molecular flexibility index (Phi) is 8.20. The quantitative estimate of drug-likeness (QED) is 0.248. The number of allylic oxidation sites excluding steroid dienone is 1. The van der Waals surface area contributed by atoms with E-state index >= 15 is 4.39 Å². The van der Waals surface area contributed by atoms with Crippen molar-refractivity contribution < 1.29 is 32.9 Å². The van der Waals surface area contributed by atoms with E-state index in [2.05, 4.69) is 0 Å². The summed E-state index contributed by atoms with van der Waals surface area (Å²) in [6.07, 6.45) is 8.07. The molecule has 2 unspecified atom stereocenters. The van der Waals surface area contributed by atoms with Crippen molar-refractivity contribution in [3.05, 3.63) is 57.6 Å². The van der Waals surface area contributed by atoms with Gasteiger partial charge in [0.2, 0.25) is 17.1 Å². The zero-order valence-corrected chi connectivity index (χ0v) is 26.2. The molecule has 6 rings (SSSR count). The number of halogens is 1. The zero-order valence-electron chi connectivity index (χ0n) is 26.2. The van der Waals surface area contributed by atoms with Crippen LogP contribution in [0.1, 0.15) is 54.6 Å². The van der Waals surface area contributed by atoms with Crippen molar-refractivity contribution in [3.63, 3.8) is 0 Å². The van der Waals surface area contributed by atoms with E-state index in [1.54, 1.807) is 31.3 Å². The number of carbonyl (C=O) groups excluding carboxylic acids is 2. The summed E-state index contributed by atoms with van der Waals surface area (Å²) in [6, 6.07) is 4.68. The van der Waals surface area contributed by atoms with E-state index in [4.69, 9.17) is 18.9 Å². The Morgan fingerprint density at radius 1 is 0.933 bits per heavy atom. The average molecular weight is 620 g/mol. The average Bonchev–Trinajstić information content (AvgIpc) is 3.80. The van der Waals surface area contributed by atoms with E-state index in [-0.39, 0.29) is 46.3 Å². The number of aromatic nitrogens is 1. The van der Waals surface area contributed by atoms with E-state index < -0.39 is 17.0 Å². The lowest BCUT2D eigenvalue weighted by Gasteiger charge is -2.36. The van der Waals surface area contributed by atoms with Crippen LogP contribution < -0.4 is 29.3 Å². The van der Waals surface area contributed by atoms with Crippen molar-refractivity contribution in [2.75, 3.05) is 53.0 Å². The number of hydrogen-bond acceptors (Lipinski definition) is 8. The van der Waals surface area contributed by atoms with E-state index in [0.29, 0.717) is 48.0 Å². The van der Waals surface area contributed by atoms with Crippen LogP contribution in [0.4, 0.5) is 10.1 Å². The number of nitrogens with zero attached hydrogens (tertiary/aromatic N) is 3. The Bertz CT molecular complexity index is 1740. The number of pyridine rings is 1. The topological polar surface area (TPSA) is 99.5 Å². The summed E-state index contributed by atoms with van der Waals surface area (Å²) in [4.78, 5) is 43.5. The molecule has 2 saturated heterocycles. The second-order valence-corrected chi connectivity index (χ2v) is 11.9. The summed E-state index contributed by atoms with van der Waals surface area (Å²) >= 11 is 0. The molecule has 3 aromatic rings. The van der Waals surface area contributed by atoms with Gasteiger partial charge in [-0.3, -0.25) is 14.4 Å². The van der Waals surface area contributed by atoms with Crippen molar-refractivity contribution in [2.24, 2.45) is 5.92 Å². The highest BCUT2D eigenvalue weighted by atomic mass is 19.1.